The van der Waals surface area contributed by atoms with Crippen LogP contribution in [0.3, 0.4) is 0 Å². The van der Waals surface area contributed by atoms with Crippen LogP contribution in [0.15, 0.2) is 40.9 Å². The standard InChI is InChI=1S/C19H18BrNO3/c20-16-11-18-17(23-8-3-9-24-18)10-15(16)19(22)21-7-6-13-4-1-2-5-14(13)12-21/h1-2,4-5,10-11H,3,6-9,12H2. The van der Waals surface area contributed by atoms with Gasteiger partial charge in [0.05, 0.1) is 18.8 Å². The van der Waals surface area contributed by atoms with Gasteiger partial charge in [0.25, 0.3) is 5.91 Å². The number of nitrogens with zero attached hydrogens (tertiary/aromatic N) is 1. The minimum atomic E-state index is 0.0204. The largest absolute Gasteiger partial charge is 0.490 e. The molecule has 0 saturated heterocycles. The van der Waals surface area contributed by atoms with Crippen molar-refractivity contribution >= 4 is 21.8 Å². The first kappa shape index (κ1) is 15.5. The molecule has 2 aliphatic rings. The van der Waals surface area contributed by atoms with Crippen molar-refractivity contribution in [3.8, 4) is 11.5 Å². The van der Waals surface area contributed by atoms with Gasteiger partial charge < -0.3 is 14.4 Å². The zero-order valence-electron chi connectivity index (χ0n) is 13.3. The van der Waals surface area contributed by atoms with Gasteiger partial charge in [-0.15, -0.1) is 0 Å². The first-order valence-electron chi connectivity index (χ1n) is 8.17. The SMILES string of the molecule is O=C(c1cc2c(cc1Br)OCCCO2)N1CCc2ccccc2C1. The molecule has 5 heteroatoms. The van der Waals surface area contributed by atoms with Crippen LogP contribution in [0.5, 0.6) is 11.5 Å². The molecule has 4 rings (SSSR count). The first-order chi connectivity index (χ1) is 11.7. The van der Waals surface area contributed by atoms with E-state index in [-0.39, 0.29) is 5.91 Å². The van der Waals surface area contributed by atoms with Crippen LogP contribution in [-0.4, -0.2) is 30.6 Å². The lowest BCUT2D eigenvalue weighted by molar-refractivity contribution is 0.0733. The average molecular weight is 388 g/mol. The predicted molar refractivity (Wildman–Crippen MR) is 94.6 cm³/mol. The van der Waals surface area contributed by atoms with E-state index in [4.69, 9.17) is 9.47 Å². The van der Waals surface area contributed by atoms with Crippen molar-refractivity contribution in [2.75, 3.05) is 19.8 Å². The molecule has 2 aromatic rings. The van der Waals surface area contributed by atoms with Gasteiger partial charge in [-0.25, -0.2) is 0 Å². The number of rotatable bonds is 1. The molecule has 0 fully saturated rings. The highest BCUT2D eigenvalue weighted by molar-refractivity contribution is 9.10. The second-order valence-corrected chi connectivity index (χ2v) is 6.93. The lowest BCUT2D eigenvalue weighted by Gasteiger charge is -2.29. The lowest BCUT2D eigenvalue weighted by atomic mass is 9.99. The smallest absolute Gasteiger partial charge is 0.255 e. The Morgan fingerprint density at radius 1 is 1.04 bits per heavy atom. The third-order valence-corrected chi connectivity index (χ3v) is 5.14. The number of carbonyl (C=O) groups is 1. The van der Waals surface area contributed by atoms with Gasteiger partial charge in [0.2, 0.25) is 0 Å². The molecule has 0 unspecified atom stereocenters. The molecular formula is C19H18BrNO3. The monoisotopic (exact) mass is 387 g/mol. The van der Waals surface area contributed by atoms with E-state index >= 15 is 0 Å². The number of hydrogen-bond acceptors (Lipinski definition) is 3. The van der Waals surface area contributed by atoms with E-state index in [9.17, 15) is 4.79 Å². The quantitative estimate of drug-likeness (QED) is 0.746. The van der Waals surface area contributed by atoms with Gasteiger partial charge >= 0.3 is 0 Å². The number of carbonyl (C=O) groups excluding carboxylic acids is 1. The Labute approximate surface area is 149 Å². The molecule has 2 heterocycles. The molecule has 2 aromatic carbocycles. The van der Waals surface area contributed by atoms with Crippen molar-refractivity contribution in [1.29, 1.82) is 0 Å². The molecule has 2 aliphatic heterocycles. The fraction of sp³-hybridized carbons (Fsp3) is 0.316. The number of halogens is 1. The van der Waals surface area contributed by atoms with Crippen molar-refractivity contribution in [2.45, 2.75) is 19.4 Å². The molecule has 0 spiro atoms. The van der Waals surface area contributed by atoms with Crippen LogP contribution >= 0.6 is 15.9 Å². The Kier molecular flexibility index (Phi) is 4.19. The highest BCUT2D eigenvalue weighted by atomic mass is 79.9. The van der Waals surface area contributed by atoms with Gasteiger partial charge in [0, 0.05) is 24.0 Å². The van der Waals surface area contributed by atoms with Gasteiger partial charge in [-0.1, -0.05) is 24.3 Å². The maximum absolute atomic E-state index is 13.0. The Morgan fingerprint density at radius 2 is 1.75 bits per heavy atom. The molecule has 0 aliphatic carbocycles. The second kappa shape index (κ2) is 6.48. The van der Waals surface area contributed by atoms with E-state index in [1.54, 1.807) is 6.07 Å². The number of benzene rings is 2. The van der Waals surface area contributed by atoms with Crippen LogP contribution < -0.4 is 9.47 Å². The molecule has 0 radical (unpaired) electrons. The summed E-state index contributed by atoms with van der Waals surface area (Å²) in [7, 11) is 0. The molecule has 0 saturated carbocycles. The highest BCUT2D eigenvalue weighted by Crippen LogP contribution is 2.36. The molecule has 4 nitrogen and oxygen atoms in total. The Bertz CT molecular complexity index is 790. The number of ether oxygens (including phenoxy) is 2. The lowest BCUT2D eigenvalue weighted by Crippen LogP contribution is -2.36. The molecule has 0 atom stereocenters. The third kappa shape index (κ3) is 2.88. The van der Waals surface area contributed by atoms with E-state index in [1.807, 2.05) is 17.0 Å². The van der Waals surface area contributed by atoms with Gasteiger partial charge in [-0.2, -0.15) is 0 Å². The summed E-state index contributed by atoms with van der Waals surface area (Å²) >= 11 is 3.52. The molecule has 0 aromatic heterocycles. The van der Waals surface area contributed by atoms with Gasteiger partial charge in [-0.3, -0.25) is 4.79 Å². The summed E-state index contributed by atoms with van der Waals surface area (Å²) in [4.78, 5) is 14.9. The fourth-order valence-electron chi connectivity index (χ4n) is 3.19. The Hall–Kier alpha value is -2.01. The van der Waals surface area contributed by atoms with E-state index in [0.29, 0.717) is 36.8 Å². The summed E-state index contributed by atoms with van der Waals surface area (Å²) in [5.74, 6) is 1.36. The van der Waals surface area contributed by atoms with Crippen LogP contribution in [0.25, 0.3) is 0 Å². The Balaban J connectivity index is 1.62. The number of fused-ring (bicyclic) bond motifs is 2. The summed E-state index contributed by atoms with van der Waals surface area (Å²) in [6, 6.07) is 11.9. The third-order valence-electron chi connectivity index (χ3n) is 4.49. The van der Waals surface area contributed by atoms with Crippen LogP contribution in [0.1, 0.15) is 27.9 Å². The summed E-state index contributed by atoms with van der Waals surface area (Å²) in [6.45, 7) is 2.63. The zero-order chi connectivity index (χ0) is 16.5. The molecular weight excluding hydrogens is 370 g/mol. The van der Waals surface area contributed by atoms with Crippen molar-refractivity contribution in [3.63, 3.8) is 0 Å². The maximum Gasteiger partial charge on any atom is 0.255 e. The van der Waals surface area contributed by atoms with Crippen molar-refractivity contribution in [3.05, 3.63) is 57.6 Å². The first-order valence-corrected chi connectivity index (χ1v) is 8.97. The van der Waals surface area contributed by atoms with Crippen molar-refractivity contribution in [2.24, 2.45) is 0 Å². The van der Waals surface area contributed by atoms with Crippen LogP contribution in [0, 0.1) is 0 Å². The fourth-order valence-corrected chi connectivity index (χ4v) is 3.68. The van der Waals surface area contributed by atoms with Gasteiger partial charge in [0.15, 0.2) is 11.5 Å². The van der Waals surface area contributed by atoms with Crippen LogP contribution in [0.4, 0.5) is 0 Å². The topological polar surface area (TPSA) is 38.8 Å². The van der Waals surface area contributed by atoms with Gasteiger partial charge in [0.1, 0.15) is 0 Å². The van der Waals surface area contributed by atoms with E-state index in [2.05, 4.69) is 34.1 Å². The summed E-state index contributed by atoms with van der Waals surface area (Å²) in [5.41, 5.74) is 3.18. The second-order valence-electron chi connectivity index (χ2n) is 6.07. The summed E-state index contributed by atoms with van der Waals surface area (Å²) in [6.07, 6.45) is 1.74. The van der Waals surface area contributed by atoms with Crippen LogP contribution in [-0.2, 0) is 13.0 Å². The van der Waals surface area contributed by atoms with Crippen molar-refractivity contribution < 1.29 is 14.3 Å². The maximum atomic E-state index is 13.0. The average Bonchev–Trinajstić information content (AvgIpc) is 2.84. The normalized spacial score (nSPS) is 16.3. The molecule has 124 valence electrons. The molecule has 24 heavy (non-hydrogen) atoms. The molecule has 1 amide bonds. The zero-order valence-corrected chi connectivity index (χ0v) is 14.8. The summed E-state index contributed by atoms with van der Waals surface area (Å²) < 4.78 is 12.1. The van der Waals surface area contributed by atoms with Crippen molar-refractivity contribution in [1.82, 2.24) is 4.90 Å². The van der Waals surface area contributed by atoms with E-state index in [0.717, 1.165) is 23.9 Å². The number of hydrogen-bond donors (Lipinski definition) is 0. The number of amides is 1. The minimum absolute atomic E-state index is 0.0204. The molecule has 0 bridgehead atoms. The van der Waals surface area contributed by atoms with Crippen LogP contribution in [0.2, 0.25) is 0 Å². The minimum Gasteiger partial charge on any atom is -0.490 e. The summed E-state index contributed by atoms with van der Waals surface area (Å²) in [5, 5.41) is 0. The highest BCUT2D eigenvalue weighted by Gasteiger charge is 2.25. The van der Waals surface area contributed by atoms with E-state index < -0.39 is 0 Å². The van der Waals surface area contributed by atoms with Gasteiger partial charge in [-0.05, 0) is 45.6 Å². The predicted octanol–water partition coefficient (Wildman–Crippen LogP) is 3.81. The Morgan fingerprint density at radius 3 is 2.54 bits per heavy atom. The van der Waals surface area contributed by atoms with E-state index in [1.165, 1.54) is 11.1 Å². The molecule has 0 N–H and O–H groups in total.